The van der Waals surface area contributed by atoms with E-state index in [1.54, 1.807) is 0 Å². The quantitative estimate of drug-likeness (QED) is 0.390. The fourth-order valence-electron chi connectivity index (χ4n) is 0. The van der Waals surface area contributed by atoms with Crippen LogP contribution in [0.25, 0.3) is 0 Å². The zero-order valence-corrected chi connectivity index (χ0v) is 13.5. The molecule has 0 aliphatic heterocycles. The summed E-state index contributed by atoms with van der Waals surface area (Å²) < 4.78 is 0. The Hall–Kier alpha value is 3.74. The maximum atomic E-state index is 0. The van der Waals surface area contributed by atoms with Gasteiger partial charge in [-0.15, -0.1) is 0 Å². The van der Waals surface area contributed by atoms with Crippen LogP contribution in [0.15, 0.2) is 0 Å². The maximum Gasteiger partial charge on any atom is 3.00 e. The molecule has 0 unspecified atom stereocenters. The molecule has 6 heteroatoms. The summed E-state index contributed by atoms with van der Waals surface area (Å²) in [5, 5.41) is 0. The molecule has 32 valence electrons. The molecule has 0 aromatic heterocycles. The van der Waals surface area contributed by atoms with Crippen LogP contribution in [0.1, 0.15) is 0 Å². The van der Waals surface area contributed by atoms with E-state index in [-0.39, 0.29) is 136 Å². The van der Waals surface area contributed by atoms with Gasteiger partial charge in [0.05, 0.1) is 0 Å². The van der Waals surface area contributed by atoms with Gasteiger partial charge in [-0.2, -0.15) is 0 Å². The van der Waals surface area contributed by atoms with Crippen molar-refractivity contribution in [3.8, 4) is 0 Å². The van der Waals surface area contributed by atoms with E-state index in [0.29, 0.717) is 0 Å². The summed E-state index contributed by atoms with van der Waals surface area (Å²) >= 11 is 0. The molecule has 0 spiro atoms. The molecule has 0 rings (SSSR count). The van der Waals surface area contributed by atoms with E-state index in [1.807, 2.05) is 0 Å². The fourth-order valence-corrected chi connectivity index (χ4v) is 0. The summed E-state index contributed by atoms with van der Waals surface area (Å²) in [6.45, 7) is 0. The van der Waals surface area contributed by atoms with E-state index in [9.17, 15) is 0 Å². The Balaban J connectivity index is 0. The van der Waals surface area contributed by atoms with Gasteiger partial charge in [-0.05, 0) is 0 Å². The van der Waals surface area contributed by atoms with Gasteiger partial charge in [0.1, 0.15) is 0 Å². The Bertz CT molecular complexity index is 7.51. The molecule has 0 aliphatic carbocycles. The van der Waals surface area contributed by atoms with Gasteiger partial charge in [0, 0.05) is 0 Å². The van der Waals surface area contributed by atoms with E-state index in [1.165, 1.54) is 0 Å². The molecule has 0 nitrogen and oxygen atoms in total. The first-order valence-corrected chi connectivity index (χ1v) is 0. The predicted molar refractivity (Wildman–Crippen MR) is 5.75 cm³/mol. The first-order valence-electron chi connectivity index (χ1n) is 0. The Morgan fingerprint density at radius 3 is 0.500 bits per heavy atom. The Labute approximate surface area is 132 Å². The molecule has 0 aliphatic rings. The van der Waals surface area contributed by atoms with Crippen LogP contribution in [-0.2, 0) is 0 Å². The normalized spacial score (nSPS) is 0. The van der Waals surface area contributed by atoms with Gasteiger partial charge in [-0.1, -0.05) is 0 Å². The van der Waals surface area contributed by atoms with Gasteiger partial charge >= 0.3 is 86.3 Å². The SMILES string of the molecule is [Al+3].[Cl-].[Cl-].[Cl-].[Cl-].[Cs+]. The van der Waals surface area contributed by atoms with Crippen LogP contribution in [0.2, 0.25) is 0 Å². The molecule has 0 saturated carbocycles. The number of rotatable bonds is 0. The molecule has 0 saturated heterocycles. The average molecular weight is 302 g/mol. The molecule has 6 heavy (non-hydrogen) atoms. The summed E-state index contributed by atoms with van der Waals surface area (Å²) in [5.74, 6) is 0. The molecule has 0 amide bonds. The second-order valence-electron chi connectivity index (χ2n) is 0. The summed E-state index contributed by atoms with van der Waals surface area (Å²) in [6.07, 6.45) is 0. The van der Waals surface area contributed by atoms with Crippen molar-refractivity contribution in [3.63, 3.8) is 0 Å². The van der Waals surface area contributed by atoms with Crippen molar-refractivity contribution in [1.82, 2.24) is 0 Å². The van der Waals surface area contributed by atoms with Crippen LogP contribution in [-0.4, -0.2) is 17.4 Å². The molecular weight excluding hydrogens is 302 g/mol. The predicted octanol–water partition coefficient (Wildman–Crippen LogP) is -15.4. The van der Waals surface area contributed by atoms with Gasteiger partial charge < -0.3 is 49.6 Å². The Morgan fingerprint density at radius 1 is 0.500 bits per heavy atom. The zero-order chi connectivity index (χ0) is 0. The van der Waals surface area contributed by atoms with Crippen molar-refractivity contribution >= 4 is 17.4 Å². The molecule has 0 N–H and O–H groups in total. The summed E-state index contributed by atoms with van der Waals surface area (Å²) in [5.41, 5.74) is 0. The number of hydrogen-bond acceptors (Lipinski definition) is 0. The van der Waals surface area contributed by atoms with E-state index < -0.39 is 0 Å². The van der Waals surface area contributed by atoms with Crippen molar-refractivity contribution in [2.75, 3.05) is 0 Å². The van der Waals surface area contributed by atoms with Crippen molar-refractivity contribution in [3.05, 3.63) is 0 Å². The van der Waals surface area contributed by atoms with Gasteiger partial charge in [0.15, 0.2) is 0 Å². The van der Waals surface area contributed by atoms with E-state index in [2.05, 4.69) is 0 Å². The molecule has 0 atom stereocenters. The van der Waals surface area contributed by atoms with Gasteiger partial charge in [-0.25, -0.2) is 0 Å². The minimum absolute atomic E-state index is 0. The summed E-state index contributed by atoms with van der Waals surface area (Å²) in [4.78, 5) is 0. The Kier molecular flexibility index (Phi) is 331. The standard InChI is InChI=1S/Al.4ClH.Cs/h;4*1H;/q+3;;;;;+1/p-4. The van der Waals surface area contributed by atoms with Crippen molar-refractivity contribution < 1.29 is 119 Å². The van der Waals surface area contributed by atoms with Crippen LogP contribution in [0.5, 0.6) is 0 Å². The Morgan fingerprint density at radius 2 is 0.500 bits per heavy atom. The molecule has 0 aromatic rings. The third kappa shape index (κ3) is 25.1. The topological polar surface area (TPSA) is 0 Å². The molecule has 0 bridgehead atoms. The van der Waals surface area contributed by atoms with Gasteiger partial charge in [0.2, 0.25) is 0 Å². The second kappa shape index (κ2) is 37.4. The molecular formula is AlCl4Cs. The monoisotopic (exact) mass is 300 g/mol. The smallest absolute Gasteiger partial charge is 1.00 e. The summed E-state index contributed by atoms with van der Waals surface area (Å²) in [7, 11) is 0. The third-order valence-electron chi connectivity index (χ3n) is 0. The molecule has 0 aromatic carbocycles. The zero-order valence-electron chi connectivity index (χ0n) is 3.09. The van der Waals surface area contributed by atoms with Crippen LogP contribution in [0, 0.1) is 0 Å². The van der Waals surface area contributed by atoms with Crippen molar-refractivity contribution in [2.24, 2.45) is 0 Å². The number of halogens is 4. The summed E-state index contributed by atoms with van der Waals surface area (Å²) in [6, 6.07) is 0. The van der Waals surface area contributed by atoms with Crippen molar-refractivity contribution in [1.29, 1.82) is 0 Å². The van der Waals surface area contributed by atoms with E-state index in [4.69, 9.17) is 0 Å². The first-order chi connectivity index (χ1) is 0. The second-order valence-corrected chi connectivity index (χ2v) is 0. The van der Waals surface area contributed by atoms with E-state index >= 15 is 0 Å². The minimum atomic E-state index is 0. The van der Waals surface area contributed by atoms with Gasteiger partial charge in [0.25, 0.3) is 0 Å². The van der Waals surface area contributed by atoms with Crippen LogP contribution in [0.3, 0.4) is 0 Å². The van der Waals surface area contributed by atoms with Gasteiger partial charge in [-0.3, -0.25) is 0 Å². The molecule has 0 fully saturated rings. The average Bonchev–Trinajstić information content (AvgIpc) is 0. The van der Waals surface area contributed by atoms with Crippen molar-refractivity contribution in [2.45, 2.75) is 0 Å². The molecule has 0 heterocycles. The van der Waals surface area contributed by atoms with E-state index in [0.717, 1.165) is 0 Å². The largest absolute Gasteiger partial charge is 3.00 e. The molecule has 0 radical (unpaired) electrons. The number of hydrogen-bond donors (Lipinski definition) is 0. The first kappa shape index (κ1) is 53.1. The van der Waals surface area contributed by atoms with Crippen LogP contribution >= 0.6 is 0 Å². The maximum absolute atomic E-state index is 0. The van der Waals surface area contributed by atoms with Crippen LogP contribution < -0.4 is 119 Å². The third-order valence-corrected chi connectivity index (χ3v) is 0. The minimum Gasteiger partial charge on any atom is -1.00 e. The fraction of sp³-hybridized carbons (Fsp3) is 0. The van der Waals surface area contributed by atoms with Crippen LogP contribution in [0.4, 0.5) is 0 Å².